The Morgan fingerprint density at radius 3 is 0.736 bits per heavy atom. The number of cyclic esters (lactones) is 2. The molecule has 0 atom stereocenters. The molecular formula is C31H72O25Si16. The summed E-state index contributed by atoms with van der Waals surface area (Å²) < 4.78 is 164. The molecule has 41 heteroatoms. The van der Waals surface area contributed by atoms with Gasteiger partial charge in [0.05, 0.1) is 11.1 Å². The largest absolute Gasteiger partial charge is 0.655 e. The van der Waals surface area contributed by atoms with Gasteiger partial charge in [-0.15, -0.1) is 0 Å². The summed E-state index contributed by atoms with van der Waals surface area (Å²) in [4.78, 5) is 25.9. The van der Waals surface area contributed by atoms with Crippen LogP contribution in [0.1, 0.15) is 20.7 Å². The van der Waals surface area contributed by atoms with Gasteiger partial charge in [-0.3, -0.25) is 0 Å². The summed E-state index contributed by atoms with van der Waals surface area (Å²) in [6.07, 6.45) is 0. The SMILES string of the molecule is CO[Si](OC)(O[Si]12O[Si]3(O[Si](C)(C)C)O[Si]4(O[Si](C)(C)C)O[Si]5(O[Si](C)(C)C)O[Si](O[Si](C)(C)C)(O3)O[Si](O[Si](C)(C)C)(O[Si](O[Si](C)(C)C)(O5)O[Si](O[Si](C)(C)C)(O4)O1)O2)c1ccc2c(c1)C(=O)OC2=O. The Morgan fingerprint density at radius 1 is 0.319 bits per heavy atom. The molecule has 0 saturated carbocycles. The van der Waals surface area contributed by atoms with Crippen LogP contribution in [0.2, 0.25) is 137 Å². The second-order valence-corrected chi connectivity index (χ2v) is 80.6. The number of esters is 2. The topological polar surface area (TPSA) is 246 Å². The van der Waals surface area contributed by atoms with Crippen LogP contribution < -0.4 is 5.19 Å². The van der Waals surface area contributed by atoms with E-state index in [-0.39, 0.29) is 16.3 Å². The molecule has 0 radical (unpaired) electrons. The van der Waals surface area contributed by atoms with E-state index in [1.54, 1.807) is 0 Å². The van der Waals surface area contributed by atoms with E-state index in [0.717, 1.165) is 0 Å². The molecule has 0 amide bonds. The van der Waals surface area contributed by atoms with Gasteiger partial charge < -0.3 is 95.9 Å². The van der Waals surface area contributed by atoms with Crippen molar-refractivity contribution in [3.8, 4) is 0 Å². The first-order valence-electron chi connectivity index (χ1n) is 23.2. The highest BCUT2D eigenvalue weighted by Crippen LogP contribution is 2.53. The van der Waals surface area contributed by atoms with Crippen molar-refractivity contribution in [1.82, 2.24) is 0 Å². The van der Waals surface area contributed by atoms with Crippen molar-refractivity contribution >= 4 is 157 Å². The van der Waals surface area contributed by atoms with Gasteiger partial charge in [0.15, 0.2) is 58.2 Å². The van der Waals surface area contributed by atoms with Crippen LogP contribution in [-0.4, -0.2) is 166 Å². The highest BCUT2D eigenvalue weighted by atomic mass is 28.7. The molecule has 7 aliphatic heterocycles. The van der Waals surface area contributed by atoms with Crippen LogP contribution in [0.15, 0.2) is 18.2 Å². The molecule has 8 rings (SSSR count). The van der Waals surface area contributed by atoms with Crippen molar-refractivity contribution in [3.05, 3.63) is 29.3 Å². The Labute approximate surface area is 440 Å². The van der Waals surface area contributed by atoms with E-state index in [4.69, 9.17) is 95.9 Å². The highest BCUT2D eigenvalue weighted by molar-refractivity contribution is 7.04. The number of ether oxygens (including phenoxy) is 1. The number of carbonyl (C=O) groups excluding carboxylic acids is 2. The fourth-order valence-electron chi connectivity index (χ4n) is 7.36. The van der Waals surface area contributed by atoms with Crippen LogP contribution >= 0.6 is 0 Å². The molecule has 25 nitrogen and oxygen atoms in total. The molecule has 1 aromatic rings. The maximum absolute atomic E-state index is 13.1. The molecule has 7 aliphatic rings. The molecule has 1 aromatic carbocycles. The Balaban J connectivity index is 1.69. The molecule has 6 fully saturated rings. The van der Waals surface area contributed by atoms with Crippen LogP contribution in [0.3, 0.4) is 0 Å². The number of hydrogen-bond donors (Lipinski definition) is 0. The monoisotopic (exact) mass is 1290 g/mol. The third-order valence-electron chi connectivity index (χ3n) is 8.81. The van der Waals surface area contributed by atoms with Crippen LogP contribution in [0, 0.1) is 0 Å². The minimum Gasteiger partial charge on any atom is -0.396 e. The quantitative estimate of drug-likeness (QED) is 0.0985. The summed E-state index contributed by atoms with van der Waals surface area (Å²) in [6, 6.07) is 4.23. The van der Waals surface area contributed by atoms with E-state index in [1.165, 1.54) is 32.4 Å². The van der Waals surface area contributed by atoms with Crippen molar-refractivity contribution in [3.63, 3.8) is 0 Å². The van der Waals surface area contributed by atoms with Crippen molar-refractivity contribution in [1.29, 1.82) is 0 Å². The first-order chi connectivity index (χ1) is 32.2. The van der Waals surface area contributed by atoms with Crippen LogP contribution in [0.25, 0.3) is 0 Å². The number of rotatable bonds is 19. The van der Waals surface area contributed by atoms with Crippen molar-refractivity contribution < 1.29 is 105 Å². The average molecular weight is 1290 g/mol. The summed E-state index contributed by atoms with van der Waals surface area (Å²) >= 11 is 0. The smallest absolute Gasteiger partial charge is 0.396 e. The van der Waals surface area contributed by atoms with E-state index in [9.17, 15) is 9.59 Å². The van der Waals surface area contributed by atoms with Gasteiger partial charge in [0.1, 0.15) is 0 Å². The van der Waals surface area contributed by atoms with Crippen molar-refractivity contribution in [2.75, 3.05) is 14.2 Å². The Kier molecular flexibility index (Phi) is 16.0. The normalized spacial score (nSPS) is 35.7. The molecule has 7 heterocycles. The minimum atomic E-state index is -5.71. The summed E-state index contributed by atoms with van der Waals surface area (Å²) in [6.45, 7) is 39.5. The molecule has 8 bridgehead atoms. The molecule has 410 valence electrons. The molecule has 0 aliphatic carbocycles. The number of hydrogen-bond acceptors (Lipinski definition) is 25. The Hall–Kier alpha value is 0.950. The lowest BCUT2D eigenvalue weighted by Gasteiger charge is -2.60. The second kappa shape index (κ2) is 19.0. The van der Waals surface area contributed by atoms with Gasteiger partial charge in [0.2, 0.25) is 0 Å². The van der Waals surface area contributed by atoms with E-state index < -0.39 is 151 Å². The zero-order chi connectivity index (χ0) is 54.3. The van der Waals surface area contributed by atoms with Crippen molar-refractivity contribution in [2.24, 2.45) is 0 Å². The molecule has 0 spiro atoms. The van der Waals surface area contributed by atoms with Crippen LogP contribution in [0.5, 0.6) is 0 Å². The molecule has 0 unspecified atom stereocenters. The highest BCUT2D eigenvalue weighted by Gasteiger charge is 2.92. The van der Waals surface area contributed by atoms with E-state index in [0.29, 0.717) is 0 Å². The van der Waals surface area contributed by atoms with Gasteiger partial charge in [0.25, 0.3) is 0 Å². The zero-order valence-corrected chi connectivity index (χ0v) is 61.4. The van der Waals surface area contributed by atoms with Gasteiger partial charge in [0, 0.05) is 19.4 Å². The maximum Gasteiger partial charge on any atom is 0.655 e. The first-order valence-corrected chi connectivity index (χ1v) is 61.8. The van der Waals surface area contributed by atoms with E-state index in [1.807, 2.05) is 137 Å². The second-order valence-electron chi connectivity index (χ2n) is 24.2. The number of carbonyl (C=O) groups is 2. The fraction of sp³-hybridized carbons (Fsp3) is 0.742. The lowest BCUT2D eigenvalue weighted by Crippen LogP contribution is -2.93. The van der Waals surface area contributed by atoms with Gasteiger partial charge in [-0.25, -0.2) is 9.59 Å². The third kappa shape index (κ3) is 13.9. The maximum atomic E-state index is 13.1. The van der Waals surface area contributed by atoms with Crippen LogP contribution in [-0.2, 0) is 95.9 Å². The molecule has 72 heavy (non-hydrogen) atoms. The molecule has 6 saturated heterocycles. The Morgan fingerprint density at radius 2 is 0.528 bits per heavy atom. The fourth-order valence-corrected chi connectivity index (χ4v) is 72.8. The van der Waals surface area contributed by atoms with Crippen LogP contribution in [0.4, 0.5) is 0 Å². The van der Waals surface area contributed by atoms with Crippen molar-refractivity contribution in [2.45, 2.75) is 137 Å². The predicted octanol–water partition coefficient (Wildman–Crippen LogP) is 5.17. The van der Waals surface area contributed by atoms with Gasteiger partial charge in [-0.1, -0.05) is 6.07 Å². The molecule has 0 aromatic heterocycles. The van der Waals surface area contributed by atoms with Gasteiger partial charge >= 0.3 is 93.1 Å². The summed E-state index contributed by atoms with van der Waals surface area (Å²) in [5.74, 6) is -1.74. The number of fused-ring (bicyclic) bond motifs is 1. The molecular weight excluding hydrogens is 1220 g/mol. The zero-order valence-electron chi connectivity index (χ0n) is 45.4. The van der Waals surface area contributed by atoms with Gasteiger partial charge in [-0.2, -0.15) is 0 Å². The minimum absolute atomic E-state index is 0.00680. The number of benzene rings is 1. The lowest BCUT2D eigenvalue weighted by atomic mass is 10.1. The predicted molar refractivity (Wildman–Crippen MR) is 287 cm³/mol. The standard InChI is InChI=1S/C31H72O25Si16/c1-34-64(35-2,27-24-25-28-29(26-27)31(33)36-30(28)32)44-72-54-69(41-61(15,16)17)48-66(38-58(6,7)8)45-65(37-57(3,4)5)46-67(50-69,39-59(9,10)11)52-71(56-72,43-63(21,22)23)53-68(47-65,40-60(12,13)14)51-70(49-66,55-72)42-62(18,19)20/h24-26H,1-23H3. The lowest BCUT2D eigenvalue weighted by molar-refractivity contribution is -0.131. The first kappa shape index (κ1) is 60.6. The van der Waals surface area contributed by atoms with E-state index in [2.05, 4.69) is 0 Å². The van der Waals surface area contributed by atoms with E-state index >= 15 is 0 Å². The van der Waals surface area contributed by atoms with Gasteiger partial charge in [-0.05, 0) is 150 Å². The summed E-state index contributed by atoms with van der Waals surface area (Å²) in [7, 11) is -66.1. The molecule has 0 N–H and O–H groups in total. The average Bonchev–Trinajstić information content (AvgIpc) is 3.33. The third-order valence-corrected chi connectivity index (χ3v) is 61.1. The Bertz CT molecular complexity index is 2090. The summed E-state index contributed by atoms with van der Waals surface area (Å²) in [5, 5.41) is 0.122. The summed E-state index contributed by atoms with van der Waals surface area (Å²) in [5.41, 5.74) is -0.0769.